The summed E-state index contributed by atoms with van der Waals surface area (Å²) in [5, 5.41) is 0. The molecule has 1 aromatic heterocycles. The standard InChI is InChI=1S/C18H19N3O5/c19-18(24)13-6-3-4-10-21(13)16(22)11-25-17(23)9-8-15-20-12-5-1-2-7-14(12)26-15/h1-2,5,7-9,13H,3-4,6,10-11H2,(H2,19,24)/b9-8+/t13-/m0/s1. The monoisotopic (exact) mass is 357 g/mol. The van der Waals surface area contributed by atoms with Crippen molar-refractivity contribution in [2.75, 3.05) is 13.2 Å². The molecule has 26 heavy (non-hydrogen) atoms. The molecular weight excluding hydrogens is 338 g/mol. The molecule has 1 aromatic carbocycles. The summed E-state index contributed by atoms with van der Waals surface area (Å²) in [5.41, 5.74) is 6.61. The number of carbonyl (C=O) groups excluding carboxylic acids is 3. The van der Waals surface area contributed by atoms with Crippen LogP contribution in [0.2, 0.25) is 0 Å². The number of rotatable bonds is 5. The molecule has 1 saturated heterocycles. The van der Waals surface area contributed by atoms with Gasteiger partial charge >= 0.3 is 5.97 Å². The van der Waals surface area contributed by atoms with Crippen LogP contribution in [0.15, 0.2) is 34.8 Å². The number of carbonyl (C=O) groups is 3. The zero-order valence-corrected chi connectivity index (χ0v) is 14.1. The van der Waals surface area contributed by atoms with Crippen LogP contribution in [0.4, 0.5) is 0 Å². The number of benzene rings is 1. The van der Waals surface area contributed by atoms with E-state index in [4.69, 9.17) is 14.9 Å². The predicted octanol–water partition coefficient (Wildman–Crippen LogP) is 1.25. The molecule has 1 atom stereocenters. The van der Waals surface area contributed by atoms with Crippen molar-refractivity contribution in [1.29, 1.82) is 0 Å². The van der Waals surface area contributed by atoms with E-state index < -0.39 is 30.4 Å². The Kier molecular flexibility index (Phi) is 5.31. The summed E-state index contributed by atoms with van der Waals surface area (Å²) in [5.74, 6) is -1.41. The molecule has 2 amide bonds. The Morgan fingerprint density at radius 3 is 2.88 bits per heavy atom. The lowest BCUT2D eigenvalue weighted by Crippen LogP contribution is -2.51. The van der Waals surface area contributed by atoms with Gasteiger partial charge < -0.3 is 19.8 Å². The number of nitrogens with two attached hydrogens (primary N) is 1. The van der Waals surface area contributed by atoms with Gasteiger partial charge in [0.1, 0.15) is 11.6 Å². The summed E-state index contributed by atoms with van der Waals surface area (Å²) in [4.78, 5) is 41.0. The minimum atomic E-state index is -0.701. The lowest BCUT2D eigenvalue weighted by atomic mass is 10.0. The second kappa shape index (κ2) is 7.81. The Morgan fingerprint density at radius 1 is 1.31 bits per heavy atom. The Hall–Kier alpha value is -3.16. The smallest absolute Gasteiger partial charge is 0.331 e. The number of hydrogen-bond donors (Lipinski definition) is 1. The molecule has 8 heteroatoms. The van der Waals surface area contributed by atoms with Crippen LogP contribution in [-0.2, 0) is 19.1 Å². The van der Waals surface area contributed by atoms with Crippen molar-refractivity contribution in [1.82, 2.24) is 9.88 Å². The Morgan fingerprint density at radius 2 is 2.12 bits per heavy atom. The van der Waals surface area contributed by atoms with E-state index in [9.17, 15) is 14.4 Å². The third-order valence-corrected chi connectivity index (χ3v) is 4.16. The van der Waals surface area contributed by atoms with E-state index in [-0.39, 0.29) is 5.89 Å². The van der Waals surface area contributed by atoms with Crippen LogP contribution >= 0.6 is 0 Å². The van der Waals surface area contributed by atoms with E-state index in [0.29, 0.717) is 24.1 Å². The van der Waals surface area contributed by atoms with Crippen molar-refractivity contribution in [3.63, 3.8) is 0 Å². The topological polar surface area (TPSA) is 116 Å². The van der Waals surface area contributed by atoms with Crippen LogP contribution in [0, 0.1) is 0 Å². The molecule has 0 spiro atoms. The molecule has 1 aliphatic heterocycles. The van der Waals surface area contributed by atoms with Gasteiger partial charge in [-0.05, 0) is 31.4 Å². The second-order valence-corrected chi connectivity index (χ2v) is 5.96. The molecule has 0 aliphatic carbocycles. The molecule has 1 aliphatic rings. The molecule has 2 aromatic rings. The number of aromatic nitrogens is 1. The maximum absolute atomic E-state index is 12.2. The number of hydrogen-bond acceptors (Lipinski definition) is 6. The average molecular weight is 357 g/mol. The van der Waals surface area contributed by atoms with Gasteiger partial charge in [-0.2, -0.15) is 0 Å². The molecule has 0 bridgehead atoms. The first-order valence-electron chi connectivity index (χ1n) is 8.34. The SMILES string of the molecule is NC(=O)[C@@H]1CCCCN1C(=O)COC(=O)/C=C/c1nc2ccccc2o1. The lowest BCUT2D eigenvalue weighted by Gasteiger charge is -2.33. The van der Waals surface area contributed by atoms with Crippen molar-refractivity contribution in [2.24, 2.45) is 5.73 Å². The largest absolute Gasteiger partial charge is 0.452 e. The van der Waals surface area contributed by atoms with Crippen molar-refractivity contribution in [2.45, 2.75) is 25.3 Å². The van der Waals surface area contributed by atoms with Gasteiger partial charge in [-0.25, -0.2) is 9.78 Å². The van der Waals surface area contributed by atoms with Crippen molar-refractivity contribution in [3.8, 4) is 0 Å². The van der Waals surface area contributed by atoms with Crippen LogP contribution in [0.3, 0.4) is 0 Å². The Balaban J connectivity index is 1.54. The highest BCUT2D eigenvalue weighted by Gasteiger charge is 2.30. The minimum absolute atomic E-state index is 0.263. The molecule has 0 radical (unpaired) electrons. The normalized spacial score (nSPS) is 17.5. The van der Waals surface area contributed by atoms with Gasteiger partial charge in [-0.15, -0.1) is 0 Å². The van der Waals surface area contributed by atoms with Gasteiger partial charge in [-0.3, -0.25) is 9.59 Å². The fourth-order valence-electron chi connectivity index (χ4n) is 2.89. The van der Waals surface area contributed by atoms with E-state index in [1.165, 1.54) is 11.0 Å². The highest BCUT2D eigenvalue weighted by Crippen LogP contribution is 2.17. The first kappa shape index (κ1) is 17.7. The number of nitrogens with zero attached hydrogens (tertiary/aromatic N) is 2. The maximum Gasteiger partial charge on any atom is 0.331 e. The van der Waals surface area contributed by atoms with Gasteiger partial charge in [0.15, 0.2) is 12.2 Å². The summed E-state index contributed by atoms with van der Waals surface area (Å²) in [7, 11) is 0. The van der Waals surface area contributed by atoms with E-state index in [1.54, 1.807) is 12.1 Å². The van der Waals surface area contributed by atoms with E-state index in [1.807, 2.05) is 12.1 Å². The highest BCUT2D eigenvalue weighted by atomic mass is 16.5. The summed E-state index contributed by atoms with van der Waals surface area (Å²) < 4.78 is 10.4. The second-order valence-electron chi connectivity index (χ2n) is 5.96. The average Bonchev–Trinajstić information content (AvgIpc) is 3.07. The molecule has 8 nitrogen and oxygen atoms in total. The van der Waals surface area contributed by atoms with Crippen molar-refractivity contribution < 1.29 is 23.5 Å². The molecule has 2 N–H and O–H groups in total. The number of fused-ring (bicyclic) bond motifs is 1. The summed E-state index contributed by atoms with van der Waals surface area (Å²) in [6.45, 7) is -0.0107. The Labute approximate surface area is 149 Å². The highest BCUT2D eigenvalue weighted by molar-refractivity contribution is 5.91. The molecular formula is C18H19N3O5. The van der Waals surface area contributed by atoms with Gasteiger partial charge in [0.25, 0.3) is 5.91 Å². The van der Waals surface area contributed by atoms with Gasteiger partial charge in [0, 0.05) is 18.7 Å². The predicted molar refractivity (Wildman–Crippen MR) is 92.5 cm³/mol. The molecule has 2 heterocycles. The quantitative estimate of drug-likeness (QED) is 0.636. The Bertz CT molecular complexity index is 824. The summed E-state index contributed by atoms with van der Waals surface area (Å²) in [6.07, 6.45) is 4.68. The minimum Gasteiger partial charge on any atom is -0.452 e. The van der Waals surface area contributed by atoms with Gasteiger partial charge in [0.2, 0.25) is 11.8 Å². The zero-order chi connectivity index (χ0) is 18.5. The third-order valence-electron chi connectivity index (χ3n) is 4.16. The first-order valence-corrected chi connectivity index (χ1v) is 8.34. The summed E-state index contributed by atoms with van der Waals surface area (Å²) in [6, 6.07) is 6.58. The number of likely N-dealkylation sites (tertiary alicyclic amines) is 1. The van der Waals surface area contributed by atoms with Crippen LogP contribution in [0.5, 0.6) is 0 Å². The molecule has 0 saturated carbocycles. The molecule has 3 rings (SSSR count). The lowest BCUT2D eigenvalue weighted by molar-refractivity contribution is -0.151. The van der Waals surface area contributed by atoms with Crippen LogP contribution in [0.1, 0.15) is 25.2 Å². The number of esters is 1. The molecule has 1 fully saturated rings. The fourth-order valence-corrected chi connectivity index (χ4v) is 2.89. The van der Waals surface area contributed by atoms with Crippen LogP contribution in [0.25, 0.3) is 17.2 Å². The summed E-state index contributed by atoms with van der Waals surface area (Å²) >= 11 is 0. The molecule has 0 unspecified atom stereocenters. The number of amides is 2. The van der Waals surface area contributed by atoms with E-state index in [0.717, 1.165) is 18.9 Å². The number of oxazole rings is 1. The van der Waals surface area contributed by atoms with E-state index >= 15 is 0 Å². The van der Waals surface area contributed by atoms with Crippen LogP contribution in [-0.4, -0.2) is 46.9 Å². The zero-order valence-electron chi connectivity index (χ0n) is 14.1. The molecule has 136 valence electrons. The number of ether oxygens (including phenoxy) is 1. The van der Waals surface area contributed by atoms with Crippen molar-refractivity contribution >= 4 is 35.0 Å². The number of para-hydroxylation sites is 2. The van der Waals surface area contributed by atoms with Crippen LogP contribution < -0.4 is 5.73 Å². The van der Waals surface area contributed by atoms with E-state index in [2.05, 4.69) is 4.98 Å². The third kappa shape index (κ3) is 4.08. The van der Waals surface area contributed by atoms with Gasteiger partial charge in [0.05, 0.1) is 0 Å². The fraction of sp³-hybridized carbons (Fsp3) is 0.333. The number of primary amides is 1. The number of piperidine rings is 1. The maximum atomic E-state index is 12.2. The first-order chi connectivity index (χ1) is 12.5. The van der Waals surface area contributed by atoms with Crippen molar-refractivity contribution in [3.05, 3.63) is 36.2 Å². The van der Waals surface area contributed by atoms with Gasteiger partial charge in [-0.1, -0.05) is 12.1 Å².